The largest absolute Gasteiger partial charge is 0.419 e. The molecule has 0 unspecified atom stereocenters. The third kappa shape index (κ3) is 2.96. The van der Waals surface area contributed by atoms with E-state index in [1.165, 1.54) is 19.4 Å². The van der Waals surface area contributed by atoms with Gasteiger partial charge in [-0.3, -0.25) is 9.47 Å². The Hall–Kier alpha value is -1.59. The van der Waals surface area contributed by atoms with Gasteiger partial charge in [-0.2, -0.15) is 0 Å². The van der Waals surface area contributed by atoms with Crippen LogP contribution in [0.4, 0.5) is 0 Å². The fraction of sp³-hybridized carbons (Fsp3) is 0.588. The van der Waals surface area contributed by atoms with Crippen LogP contribution in [0, 0.1) is 5.92 Å². The minimum atomic E-state index is -0.242. The Morgan fingerprint density at radius 2 is 1.73 bits per heavy atom. The van der Waals surface area contributed by atoms with Gasteiger partial charge in [0.05, 0.1) is 5.52 Å². The van der Waals surface area contributed by atoms with Crippen LogP contribution in [0.15, 0.2) is 33.5 Å². The molecule has 0 radical (unpaired) electrons. The number of hydrogen-bond donors (Lipinski definition) is 0. The summed E-state index contributed by atoms with van der Waals surface area (Å²) in [5.41, 5.74) is 1.58. The molecule has 1 saturated carbocycles. The van der Waals surface area contributed by atoms with Crippen molar-refractivity contribution in [2.75, 3.05) is 39.3 Å². The number of benzene rings is 1. The molecule has 0 spiro atoms. The van der Waals surface area contributed by atoms with Crippen LogP contribution >= 0.6 is 0 Å². The molecule has 22 heavy (non-hydrogen) atoms. The number of aromatic nitrogens is 1. The maximum atomic E-state index is 12.0. The zero-order valence-electron chi connectivity index (χ0n) is 12.9. The molecule has 2 fully saturated rings. The fourth-order valence-electron chi connectivity index (χ4n) is 3.33. The van der Waals surface area contributed by atoms with Crippen molar-refractivity contribution in [1.82, 2.24) is 14.4 Å². The first-order valence-corrected chi connectivity index (χ1v) is 8.33. The summed E-state index contributed by atoms with van der Waals surface area (Å²) >= 11 is 0. The first-order chi connectivity index (χ1) is 10.8. The summed E-state index contributed by atoms with van der Waals surface area (Å²) in [6.45, 7) is 7.46. The molecule has 5 heteroatoms. The molecule has 2 aromatic rings. The predicted molar refractivity (Wildman–Crippen MR) is 86.1 cm³/mol. The molecule has 2 heterocycles. The van der Waals surface area contributed by atoms with Crippen molar-refractivity contribution >= 4 is 11.1 Å². The van der Waals surface area contributed by atoms with E-state index in [0.29, 0.717) is 12.1 Å². The van der Waals surface area contributed by atoms with Crippen molar-refractivity contribution in [3.05, 3.63) is 34.8 Å². The number of rotatable bonds is 5. The Bertz CT molecular complexity index is 693. The minimum absolute atomic E-state index is 0.242. The zero-order valence-corrected chi connectivity index (χ0v) is 12.9. The van der Waals surface area contributed by atoms with Crippen molar-refractivity contribution < 1.29 is 4.42 Å². The normalized spacial score (nSPS) is 20.7. The fourth-order valence-corrected chi connectivity index (χ4v) is 3.33. The van der Waals surface area contributed by atoms with Gasteiger partial charge >= 0.3 is 5.76 Å². The van der Waals surface area contributed by atoms with Gasteiger partial charge in [0, 0.05) is 45.8 Å². The molecule has 1 aliphatic heterocycles. The average molecular weight is 301 g/mol. The van der Waals surface area contributed by atoms with Crippen LogP contribution in [0.1, 0.15) is 12.8 Å². The Morgan fingerprint density at radius 3 is 2.50 bits per heavy atom. The van der Waals surface area contributed by atoms with Crippen LogP contribution in [0.5, 0.6) is 0 Å². The summed E-state index contributed by atoms with van der Waals surface area (Å²) in [6, 6.07) is 7.65. The highest BCUT2D eigenvalue weighted by Gasteiger charge is 2.26. The number of nitrogens with zero attached hydrogens (tertiary/aromatic N) is 3. The molecule has 4 rings (SSSR count). The highest BCUT2D eigenvalue weighted by atomic mass is 16.4. The maximum absolute atomic E-state index is 12.0. The van der Waals surface area contributed by atoms with E-state index in [-0.39, 0.29) is 5.76 Å². The Labute approximate surface area is 130 Å². The quantitative estimate of drug-likeness (QED) is 0.841. The van der Waals surface area contributed by atoms with Crippen LogP contribution in [0.2, 0.25) is 0 Å². The second-order valence-corrected chi connectivity index (χ2v) is 6.57. The summed E-state index contributed by atoms with van der Waals surface area (Å²) < 4.78 is 7.04. The van der Waals surface area contributed by atoms with Gasteiger partial charge in [-0.25, -0.2) is 4.79 Å². The molecule has 0 bridgehead atoms. The standard InChI is InChI=1S/C17H23N3O2/c21-17-20(15-3-1-2-4-16(15)22-17)12-11-18-7-9-19(10-8-18)13-14-5-6-14/h1-4,14H,5-13H2. The molecule has 1 aliphatic carbocycles. The molecule has 1 aromatic heterocycles. The van der Waals surface area contributed by atoms with Crippen LogP contribution in [0.25, 0.3) is 11.1 Å². The summed E-state index contributed by atoms with van der Waals surface area (Å²) in [5, 5.41) is 0. The van der Waals surface area contributed by atoms with Gasteiger partial charge in [0.1, 0.15) is 0 Å². The van der Waals surface area contributed by atoms with Gasteiger partial charge < -0.3 is 9.32 Å². The van der Waals surface area contributed by atoms with Crippen molar-refractivity contribution in [1.29, 1.82) is 0 Å². The average Bonchev–Trinajstić information content (AvgIpc) is 3.29. The number of para-hydroxylation sites is 2. The highest BCUT2D eigenvalue weighted by molar-refractivity contribution is 5.72. The molecule has 118 valence electrons. The molecule has 0 amide bonds. The smallest absolute Gasteiger partial charge is 0.408 e. The molecule has 5 nitrogen and oxygen atoms in total. The van der Waals surface area contributed by atoms with Gasteiger partial charge in [0.15, 0.2) is 5.58 Å². The lowest BCUT2D eigenvalue weighted by atomic mass is 10.2. The summed E-state index contributed by atoms with van der Waals surface area (Å²) in [6.07, 6.45) is 2.85. The van der Waals surface area contributed by atoms with Crippen molar-refractivity contribution in [3.8, 4) is 0 Å². The Morgan fingerprint density at radius 1 is 1.00 bits per heavy atom. The van der Waals surface area contributed by atoms with Gasteiger partial charge in [0.25, 0.3) is 0 Å². The van der Waals surface area contributed by atoms with Gasteiger partial charge in [0.2, 0.25) is 0 Å². The monoisotopic (exact) mass is 301 g/mol. The second-order valence-electron chi connectivity index (χ2n) is 6.57. The van der Waals surface area contributed by atoms with E-state index >= 15 is 0 Å². The molecule has 0 atom stereocenters. The molecule has 1 saturated heterocycles. The highest BCUT2D eigenvalue weighted by Crippen LogP contribution is 2.29. The first kappa shape index (κ1) is 14.0. The molecule has 0 N–H and O–H groups in total. The lowest BCUT2D eigenvalue weighted by molar-refractivity contribution is 0.125. The molecule has 2 aliphatic rings. The number of piperazine rings is 1. The van der Waals surface area contributed by atoms with E-state index in [1.54, 1.807) is 4.57 Å². The van der Waals surface area contributed by atoms with Crippen molar-refractivity contribution in [2.45, 2.75) is 19.4 Å². The van der Waals surface area contributed by atoms with Gasteiger partial charge in [-0.05, 0) is 30.9 Å². The summed E-state index contributed by atoms with van der Waals surface area (Å²) in [5.74, 6) is 0.732. The minimum Gasteiger partial charge on any atom is -0.408 e. The van der Waals surface area contributed by atoms with E-state index in [0.717, 1.165) is 44.2 Å². The SMILES string of the molecule is O=c1oc2ccccc2n1CCN1CCN(CC2CC2)CC1. The van der Waals surface area contributed by atoms with E-state index in [1.807, 2.05) is 24.3 Å². The van der Waals surface area contributed by atoms with Gasteiger partial charge in [-0.15, -0.1) is 0 Å². The van der Waals surface area contributed by atoms with E-state index in [4.69, 9.17) is 4.42 Å². The van der Waals surface area contributed by atoms with E-state index in [2.05, 4.69) is 9.80 Å². The number of fused-ring (bicyclic) bond motifs is 1. The molecular weight excluding hydrogens is 278 g/mol. The van der Waals surface area contributed by atoms with E-state index < -0.39 is 0 Å². The number of oxazole rings is 1. The number of hydrogen-bond acceptors (Lipinski definition) is 4. The molecule has 1 aromatic carbocycles. The van der Waals surface area contributed by atoms with Crippen LogP contribution in [-0.2, 0) is 6.54 Å². The Balaban J connectivity index is 1.34. The summed E-state index contributed by atoms with van der Waals surface area (Å²) in [7, 11) is 0. The van der Waals surface area contributed by atoms with E-state index in [9.17, 15) is 4.79 Å². The Kier molecular flexibility index (Phi) is 3.76. The topological polar surface area (TPSA) is 41.6 Å². The molecular formula is C17H23N3O2. The second kappa shape index (κ2) is 5.89. The first-order valence-electron chi connectivity index (χ1n) is 8.33. The van der Waals surface area contributed by atoms with Crippen molar-refractivity contribution in [3.63, 3.8) is 0 Å². The lowest BCUT2D eigenvalue weighted by Gasteiger charge is -2.34. The van der Waals surface area contributed by atoms with Crippen LogP contribution in [-0.4, -0.2) is 53.6 Å². The maximum Gasteiger partial charge on any atom is 0.419 e. The third-order valence-corrected chi connectivity index (χ3v) is 4.89. The van der Waals surface area contributed by atoms with Crippen LogP contribution < -0.4 is 5.76 Å². The van der Waals surface area contributed by atoms with Crippen LogP contribution in [0.3, 0.4) is 0 Å². The third-order valence-electron chi connectivity index (χ3n) is 4.89. The predicted octanol–water partition coefficient (Wildman–Crippen LogP) is 1.62. The van der Waals surface area contributed by atoms with Gasteiger partial charge in [-0.1, -0.05) is 12.1 Å². The zero-order chi connectivity index (χ0) is 14.9. The summed E-state index contributed by atoms with van der Waals surface area (Å²) in [4.78, 5) is 17.0. The van der Waals surface area contributed by atoms with Crippen molar-refractivity contribution in [2.24, 2.45) is 5.92 Å². The lowest BCUT2D eigenvalue weighted by Crippen LogP contribution is -2.47.